The molecule has 1 aromatic rings. The minimum absolute atomic E-state index is 0.0116. The van der Waals surface area contributed by atoms with Crippen LogP contribution in [0.4, 0.5) is 0 Å². The van der Waals surface area contributed by atoms with E-state index in [0.717, 1.165) is 92.6 Å². The van der Waals surface area contributed by atoms with Crippen LogP contribution in [0.3, 0.4) is 0 Å². The fraction of sp³-hybridized carbons (Fsp3) is 0.852. The number of aliphatic hydroxyl groups excluding tert-OH is 5. The molecule has 66 heavy (non-hydrogen) atoms. The second-order valence-electron chi connectivity index (χ2n) is 26.2. The number of fused-ring (bicyclic) bond motifs is 13. The number of ether oxygens (including phenoxy) is 4. The third kappa shape index (κ3) is 5.02. The Morgan fingerprint density at radius 1 is 0.682 bits per heavy atom. The molecule has 12 nitrogen and oxygen atoms in total. The molecule has 12 heteroatoms. The van der Waals surface area contributed by atoms with E-state index in [1.165, 1.54) is 5.57 Å². The third-order valence-corrected chi connectivity index (χ3v) is 23.1. The van der Waals surface area contributed by atoms with Gasteiger partial charge in [0.05, 0.1) is 59.4 Å². The van der Waals surface area contributed by atoms with Crippen molar-refractivity contribution in [2.24, 2.45) is 74.9 Å². The van der Waals surface area contributed by atoms with Gasteiger partial charge in [-0.2, -0.15) is 0 Å². The van der Waals surface area contributed by atoms with E-state index in [-0.39, 0.29) is 47.5 Å². The lowest BCUT2D eigenvalue weighted by molar-refractivity contribution is -0.348. The van der Waals surface area contributed by atoms with E-state index >= 15 is 0 Å². The number of hydrogen-bond donors (Lipinski definition) is 6. The first-order chi connectivity index (χ1) is 31.0. The summed E-state index contributed by atoms with van der Waals surface area (Å²) in [5, 5.41) is 70.8. The van der Waals surface area contributed by atoms with Gasteiger partial charge in [-0.3, -0.25) is 9.97 Å². The maximum Gasteiger partial charge on any atom is 0.201 e. The van der Waals surface area contributed by atoms with Crippen molar-refractivity contribution in [2.75, 3.05) is 13.2 Å². The van der Waals surface area contributed by atoms with Crippen LogP contribution in [0.5, 0.6) is 0 Å². The van der Waals surface area contributed by atoms with Gasteiger partial charge in [0.15, 0.2) is 5.79 Å². The Morgan fingerprint density at radius 3 is 1.85 bits per heavy atom. The first-order valence-electron chi connectivity index (χ1n) is 26.1. The molecular formula is C54H76N2O10. The molecule has 3 spiro atoms. The first-order valence-corrected chi connectivity index (χ1v) is 26.1. The van der Waals surface area contributed by atoms with E-state index in [9.17, 15) is 30.6 Å². The molecule has 0 amide bonds. The molecule has 0 bridgehead atoms. The Balaban J connectivity index is 0.761. The van der Waals surface area contributed by atoms with Crippen LogP contribution in [0.2, 0.25) is 0 Å². The van der Waals surface area contributed by atoms with Crippen LogP contribution >= 0.6 is 0 Å². The molecule has 13 rings (SSSR count). The normalized spacial score (nSPS) is 57.9. The predicted molar refractivity (Wildman–Crippen MR) is 241 cm³/mol. The van der Waals surface area contributed by atoms with Crippen molar-refractivity contribution in [3.63, 3.8) is 0 Å². The first kappa shape index (κ1) is 44.1. The molecule has 4 saturated heterocycles. The lowest BCUT2D eigenvalue weighted by atomic mass is 9.44. The van der Waals surface area contributed by atoms with E-state index in [2.05, 4.69) is 32.9 Å². The summed E-state index contributed by atoms with van der Waals surface area (Å²) >= 11 is 0. The van der Waals surface area contributed by atoms with Gasteiger partial charge in [-0.25, -0.2) is 0 Å². The van der Waals surface area contributed by atoms with Crippen molar-refractivity contribution >= 4 is 0 Å². The molecule has 362 valence electrons. The Morgan fingerprint density at radius 2 is 1.27 bits per heavy atom. The van der Waals surface area contributed by atoms with E-state index in [4.69, 9.17) is 28.9 Å². The molecule has 12 aliphatic rings. The van der Waals surface area contributed by atoms with Gasteiger partial charge in [0, 0.05) is 35.5 Å². The van der Waals surface area contributed by atoms with Gasteiger partial charge in [-0.05, 0) is 144 Å². The Kier molecular flexibility index (Phi) is 8.93. The van der Waals surface area contributed by atoms with Crippen LogP contribution in [0.15, 0.2) is 23.3 Å². The SMILES string of the molecule is C[C@@H]1C2(OC3C=C4C5CCC6Cc7nc8c(nc7C[C@]6(C)C5C[C@@H](O)[C@]4(C)C31O)CC1CCC3C4=CCC5[C@H](C)[C@@]6(OC[C@]45[C@H](O)CC3[C@@]1(C)C8)OC(C)(C)C[C@H]6O)O[C@](C)(CO)C[C@H]2O. The fourth-order valence-electron chi connectivity index (χ4n) is 19.6. The van der Waals surface area contributed by atoms with Crippen LogP contribution in [-0.4, -0.2) is 113 Å². The molecule has 0 radical (unpaired) electrons. The van der Waals surface area contributed by atoms with Gasteiger partial charge in [-0.1, -0.05) is 57.9 Å². The van der Waals surface area contributed by atoms with Crippen LogP contribution in [0.25, 0.3) is 0 Å². The minimum atomic E-state index is -1.49. The number of rotatable bonds is 1. The highest BCUT2D eigenvalue weighted by molar-refractivity contribution is 5.44. The molecular weight excluding hydrogens is 837 g/mol. The summed E-state index contributed by atoms with van der Waals surface area (Å²) in [4.78, 5) is 11.2. The van der Waals surface area contributed by atoms with Crippen molar-refractivity contribution in [1.82, 2.24) is 9.97 Å². The maximum atomic E-state index is 12.9. The van der Waals surface area contributed by atoms with Gasteiger partial charge >= 0.3 is 0 Å². The highest BCUT2D eigenvalue weighted by Gasteiger charge is 2.79. The summed E-state index contributed by atoms with van der Waals surface area (Å²) in [6.45, 7) is 17.0. The zero-order valence-corrected chi connectivity index (χ0v) is 40.6. The zero-order chi connectivity index (χ0) is 46.3. The summed E-state index contributed by atoms with van der Waals surface area (Å²) in [5.74, 6) is -1.07. The lowest BCUT2D eigenvalue weighted by Crippen LogP contribution is -2.66. The maximum absolute atomic E-state index is 12.9. The summed E-state index contributed by atoms with van der Waals surface area (Å²) in [7, 11) is 0. The number of allylic oxidation sites excluding steroid dienone is 1. The zero-order valence-electron chi connectivity index (χ0n) is 40.6. The standard InChI is InChI=1S/C54H76N2O10/c1-26-32-13-14-33-30-11-9-28-15-37-40(21-49(28,7)35(30)18-42(59)51(32,33)25-63-53(26)43(60)22-46(3,4)65-53)56-38-16-29-10-12-31-34(48(29,6)20-39(38)55-37)17-41(58)50(8)36(31)19-45-52(50,62)27(2)54(64-45)44(61)23-47(5,24-57)66-54/h14,19,26-32,34-35,41-45,57-62H,9-13,15-18,20-25H2,1-8H3/t26-,27-,28?,29?,30?,31?,32?,34?,35?,41+,42+,43+,44+,45?,47-,48-,49-,50+,51+,52?,53+,54?/m0/s1. The largest absolute Gasteiger partial charge is 0.393 e. The van der Waals surface area contributed by atoms with Crippen molar-refractivity contribution in [3.05, 3.63) is 46.1 Å². The van der Waals surface area contributed by atoms with Gasteiger partial charge in [0.1, 0.15) is 23.9 Å². The predicted octanol–water partition coefficient (Wildman–Crippen LogP) is 5.30. The monoisotopic (exact) mass is 913 g/mol. The second-order valence-corrected chi connectivity index (χ2v) is 26.2. The van der Waals surface area contributed by atoms with Gasteiger partial charge in [-0.15, -0.1) is 0 Å². The molecule has 5 heterocycles. The van der Waals surface area contributed by atoms with Crippen molar-refractivity contribution in [2.45, 2.75) is 198 Å². The summed E-state index contributed by atoms with van der Waals surface area (Å²) < 4.78 is 26.4. The highest BCUT2D eigenvalue weighted by atomic mass is 16.7. The van der Waals surface area contributed by atoms with Crippen LogP contribution < -0.4 is 0 Å². The highest BCUT2D eigenvalue weighted by Crippen LogP contribution is 2.72. The Bertz CT molecular complexity index is 2340. The van der Waals surface area contributed by atoms with Crippen molar-refractivity contribution < 1.29 is 49.6 Å². The summed E-state index contributed by atoms with van der Waals surface area (Å²) in [6.07, 6.45) is 11.4. The van der Waals surface area contributed by atoms with E-state index < -0.39 is 75.6 Å². The minimum Gasteiger partial charge on any atom is -0.393 e. The molecule has 8 fully saturated rings. The van der Waals surface area contributed by atoms with Gasteiger partial charge in [0.25, 0.3) is 0 Å². The number of aromatic nitrogens is 2. The average molecular weight is 913 g/mol. The third-order valence-electron chi connectivity index (χ3n) is 23.1. The van der Waals surface area contributed by atoms with E-state index in [1.54, 1.807) is 6.92 Å². The van der Waals surface area contributed by atoms with E-state index in [1.807, 2.05) is 27.7 Å². The molecule has 10 unspecified atom stereocenters. The number of hydrogen-bond acceptors (Lipinski definition) is 12. The topological polar surface area (TPSA) is 184 Å². The molecule has 8 aliphatic carbocycles. The lowest BCUT2D eigenvalue weighted by Gasteiger charge is -2.63. The summed E-state index contributed by atoms with van der Waals surface area (Å²) in [6, 6.07) is 0. The molecule has 0 aromatic carbocycles. The fourth-order valence-corrected chi connectivity index (χ4v) is 19.6. The van der Waals surface area contributed by atoms with Crippen LogP contribution in [0, 0.1) is 74.9 Å². The number of nitrogens with zero attached hydrogens (tertiary/aromatic N) is 2. The van der Waals surface area contributed by atoms with E-state index in [0.29, 0.717) is 43.1 Å². The van der Waals surface area contributed by atoms with Crippen molar-refractivity contribution in [3.8, 4) is 0 Å². The molecule has 6 N–H and O–H groups in total. The van der Waals surface area contributed by atoms with Crippen LogP contribution in [-0.2, 0) is 44.6 Å². The molecule has 4 aliphatic heterocycles. The number of aliphatic hydroxyl groups is 6. The smallest absolute Gasteiger partial charge is 0.201 e. The summed E-state index contributed by atoms with van der Waals surface area (Å²) in [5.41, 5.74) is 2.64. The molecule has 4 saturated carbocycles. The van der Waals surface area contributed by atoms with Gasteiger partial charge < -0.3 is 49.6 Å². The van der Waals surface area contributed by atoms with Crippen LogP contribution in [0.1, 0.15) is 136 Å². The molecule has 1 aromatic heterocycles. The van der Waals surface area contributed by atoms with Gasteiger partial charge in [0.2, 0.25) is 5.79 Å². The quantitative estimate of drug-likeness (QED) is 0.201. The second kappa shape index (κ2) is 13.4. The Hall–Kier alpha value is -1.84. The average Bonchev–Trinajstić information content (AvgIpc) is 3.98. The van der Waals surface area contributed by atoms with Crippen molar-refractivity contribution in [1.29, 1.82) is 0 Å². The molecule has 22 atom stereocenters. The Labute approximate surface area is 390 Å².